The summed E-state index contributed by atoms with van der Waals surface area (Å²) in [6, 6.07) is 0. The van der Waals surface area contributed by atoms with Gasteiger partial charge in [0.2, 0.25) is 0 Å². The third kappa shape index (κ3) is 7.97. The van der Waals surface area contributed by atoms with Crippen molar-refractivity contribution in [1.29, 1.82) is 0 Å². The molecule has 2 N–H and O–H groups in total. The summed E-state index contributed by atoms with van der Waals surface area (Å²) in [7, 11) is 0. The van der Waals surface area contributed by atoms with E-state index in [1.54, 1.807) is 6.08 Å². The van der Waals surface area contributed by atoms with E-state index in [0.29, 0.717) is 24.2 Å². The second kappa shape index (κ2) is 12.6. The number of nitrogens with one attached hydrogen (secondary N) is 1. The van der Waals surface area contributed by atoms with Crippen molar-refractivity contribution in [1.82, 2.24) is 5.32 Å². The van der Waals surface area contributed by atoms with Crippen LogP contribution in [-0.2, 0) is 9.59 Å². The van der Waals surface area contributed by atoms with Gasteiger partial charge in [0.25, 0.3) is 5.91 Å². The topological polar surface area (TPSA) is 66.4 Å². The minimum atomic E-state index is -0.599. The molecule has 0 saturated carbocycles. The van der Waals surface area contributed by atoms with E-state index in [9.17, 15) is 9.59 Å². The van der Waals surface area contributed by atoms with Crippen molar-refractivity contribution < 1.29 is 14.7 Å². The van der Waals surface area contributed by atoms with Crippen LogP contribution in [0.1, 0.15) is 41.0 Å². The summed E-state index contributed by atoms with van der Waals surface area (Å²) in [5.74, 6) is -0.137. The predicted octanol–water partition coefficient (Wildman–Crippen LogP) is 3.28. The molecule has 0 aliphatic heterocycles. The fraction of sp³-hybridized carbons (Fsp3) is 0.467. The molecule has 0 fully saturated rings. The number of carbonyl (C=O) groups is 2. The lowest BCUT2D eigenvalue weighted by Gasteiger charge is -2.12. The number of aldehydes is 1. The molecule has 1 aliphatic carbocycles. The van der Waals surface area contributed by atoms with Gasteiger partial charge in [-0.2, -0.15) is 0 Å². The van der Waals surface area contributed by atoms with Gasteiger partial charge in [0, 0.05) is 5.70 Å². The van der Waals surface area contributed by atoms with Crippen molar-refractivity contribution in [2.24, 2.45) is 5.92 Å². The van der Waals surface area contributed by atoms with Gasteiger partial charge in [0.1, 0.15) is 5.57 Å². The third-order valence-corrected chi connectivity index (χ3v) is 2.10. The Balaban J connectivity index is 0. The molecular weight excluding hydrogens is 242 g/mol. The van der Waals surface area contributed by atoms with E-state index in [0.717, 1.165) is 6.42 Å². The fourth-order valence-corrected chi connectivity index (χ4v) is 1.17. The molecule has 1 rings (SSSR count). The Bertz CT molecular complexity index is 354. The number of hydrogen-bond donors (Lipinski definition) is 2. The molecule has 1 atom stereocenters. The van der Waals surface area contributed by atoms with Crippen molar-refractivity contribution in [2.45, 2.75) is 41.0 Å². The minimum Gasteiger partial charge on any atom is -0.515 e. The van der Waals surface area contributed by atoms with E-state index in [2.05, 4.69) is 12.2 Å². The van der Waals surface area contributed by atoms with Crippen LogP contribution in [0.3, 0.4) is 0 Å². The Morgan fingerprint density at radius 2 is 1.95 bits per heavy atom. The maximum Gasteiger partial charge on any atom is 0.262 e. The maximum atomic E-state index is 11.3. The standard InChI is InChI=1S/C11H13NO3.2C2H6/c1-8-2-4-10(5-3-8)12-11(15)9(6-13)7-14;2*1-2/h2,4-8,13H,3H2,1H3,(H,12,15);2*1-2H3/b9-6+;;. The molecule has 0 aromatic carbocycles. The molecule has 0 spiro atoms. The molecule has 0 aromatic heterocycles. The van der Waals surface area contributed by atoms with Gasteiger partial charge in [-0.3, -0.25) is 9.59 Å². The van der Waals surface area contributed by atoms with Gasteiger partial charge in [-0.15, -0.1) is 0 Å². The number of allylic oxidation sites excluding steroid dienone is 3. The normalized spacial score (nSPS) is 17.0. The Hall–Kier alpha value is -1.84. The average molecular weight is 267 g/mol. The molecular formula is C15H25NO3. The van der Waals surface area contributed by atoms with Crippen LogP contribution in [0.4, 0.5) is 0 Å². The number of hydrogen-bond acceptors (Lipinski definition) is 3. The molecule has 0 bridgehead atoms. The second-order valence-electron chi connectivity index (χ2n) is 3.39. The van der Waals surface area contributed by atoms with Crippen LogP contribution in [0.15, 0.2) is 35.8 Å². The first-order chi connectivity index (χ1) is 9.17. The zero-order valence-electron chi connectivity index (χ0n) is 12.4. The number of aliphatic hydroxyl groups is 1. The van der Waals surface area contributed by atoms with E-state index < -0.39 is 5.91 Å². The highest BCUT2D eigenvalue weighted by molar-refractivity contribution is 6.10. The van der Waals surface area contributed by atoms with Crippen molar-refractivity contribution in [2.75, 3.05) is 0 Å². The first-order valence-corrected chi connectivity index (χ1v) is 6.66. The van der Waals surface area contributed by atoms with Crippen molar-refractivity contribution in [3.63, 3.8) is 0 Å². The molecule has 1 unspecified atom stereocenters. The highest BCUT2D eigenvalue weighted by atomic mass is 16.2. The molecule has 0 saturated heterocycles. The summed E-state index contributed by atoms with van der Waals surface area (Å²) in [6.45, 7) is 10.1. The van der Waals surface area contributed by atoms with Crippen molar-refractivity contribution in [3.05, 3.63) is 35.8 Å². The van der Waals surface area contributed by atoms with Crippen molar-refractivity contribution >= 4 is 12.2 Å². The van der Waals surface area contributed by atoms with Crippen LogP contribution < -0.4 is 5.32 Å². The van der Waals surface area contributed by atoms with Gasteiger partial charge in [0.05, 0.1) is 6.26 Å². The van der Waals surface area contributed by atoms with Crippen LogP contribution in [0.2, 0.25) is 0 Å². The van der Waals surface area contributed by atoms with Crippen LogP contribution in [0.25, 0.3) is 0 Å². The smallest absolute Gasteiger partial charge is 0.262 e. The molecule has 0 heterocycles. The summed E-state index contributed by atoms with van der Waals surface area (Å²) in [5, 5.41) is 11.1. The fourth-order valence-electron chi connectivity index (χ4n) is 1.17. The molecule has 19 heavy (non-hydrogen) atoms. The van der Waals surface area contributed by atoms with Crippen LogP contribution >= 0.6 is 0 Å². The molecule has 1 amide bonds. The second-order valence-corrected chi connectivity index (χ2v) is 3.39. The zero-order chi connectivity index (χ0) is 15.3. The average Bonchev–Trinajstić information content (AvgIpc) is 2.47. The lowest BCUT2D eigenvalue weighted by molar-refractivity contribution is -0.118. The van der Waals surface area contributed by atoms with E-state index >= 15 is 0 Å². The first-order valence-electron chi connectivity index (χ1n) is 6.66. The van der Waals surface area contributed by atoms with Gasteiger partial charge in [0.15, 0.2) is 6.29 Å². The van der Waals surface area contributed by atoms with E-state index in [-0.39, 0.29) is 5.57 Å². The lowest BCUT2D eigenvalue weighted by Crippen LogP contribution is -2.25. The molecule has 4 nitrogen and oxygen atoms in total. The highest BCUT2D eigenvalue weighted by Gasteiger charge is 2.11. The SMILES string of the molecule is CC.CC.CC1C=CC(NC(=O)/C(C=O)=C/O)=CC1. The molecule has 108 valence electrons. The van der Waals surface area contributed by atoms with Crippen molar-refractivity contribution in [3.8, 4) is 0 Å². The quantitative estimate of drug-likeness (QED) is 0.271. The largest absolute Gasteiger partial charge is 0.515 e. The lowest BCUT2D eigenvalue weighted by atomic mass is 10.0. The molecule has 4 heteroatoms. The first kappa shape index (κ1) is 19.5. The summed E-state index contributed by atoms with van der Waals surface area (Å²) in [5.41, 5.74) is 0.363. The van der Waals surface area contributed by atoms with Gasteiger partial charge >= 0.3 is 0 Å². The summed E-state index contributed by atoms with van der Waals surface area (Å²) < 4.78 is 0. The number of aliphatic hydroxyl groups excluding tert-OH is 1. The van der Waals surface area contributed by atoms with Gasteiger partial charge in [-0.25, -0.2) is 0 Å². The van der Waals surface area contributed by atoms with Crippen LogP contribution in [0.5, 0.6) is 0 Å². The van der Waals surface area contributed by atoms with Crippen LogP contribution in [0, 0.1) is 5.92 Å². The van der Waals surface area contributed by atoms with E-state index in [4.69, 9.17) is 5.11 Å². The van der Waals surface area contributed by atoms with Gasteiger partial charge in [-0.05, 0) is 18.4 Å². The molecule has 1 aliphatic rings. The Kier molecular flexibility index (Phi) is 12.9. The van der Waals surface area contributed by atoms with E-state index in [1.165, 1.54) is 0 Å². The maximum absolute atomic E-state index is 11.3. The monoisotopic (exact) mass is 267 g/mol. The summed E-state index contributed by atoms with van der Waals surface area (Å²) in [4.78, 5) is 21.7. The Morgan fingerprint density at radius 3 is 2.32 bits per heavy atom. The number of carbonyl (C=O) groups excluding carboxylic acids is 2. The third-order valence-electron chi connectivity index (χ3n) is 2.10. The Morgan fingerprint density at radius 1 is 1.37 bits per heavy atom. The minimum absolute atomic E-state index is 0.289. The van der Waals surface area contributed by atoms with E-state index in [1.807, 2.05) is 39.8 Å². The summed E-state index contributed by atoms with van der Waals surface area (Å²) >= 11 is 0. The predicted molar refractivity (Wildman–Crippen MR) is 78.6 cm³/mol. The highest BCUT2D eigenvalue weighted by Crippen LogP contribution is 2.13. The molecule has 0 aromatic rings. The van der Waals surface area contributed by atoms with Gasteiger partial charge < -0.3 is 10.4 Å². The number of amides is 1. The zero-order valence-corrected chi connectivity index (χ0v) is 12.4. The summed E-state index contributed by atoms with van der Waals surface area (Å²) in [6.07, 6.45) is 7.29. The van der Waals surface area contributed by atoms with Gasteiger partial charge in [-0.1, -0.05) is 46.8 Å². The van der Waals surface area contributed by atoms with Crippen LogP contribution in [-0.4, -0.2) is 17.3 Å². The molecule has 0 radical (unpaired) electrons. The number of rotatable bonds is 3. The Labute approximate surface area is 115 Å².